The van der Waals surface area contributed by atoms with E-state index in [4.69, 9.17) is 4.74 Å². The van der Waals surface area contributed by atoms with Crippen LogP contribution in [0.2, 0.25) is 0 Å². The molecular formula is C17H18N2O3S. The van der Waals surface area contributed by atoms with Gasteiger partial charge in [0.05, 0.1) is 13.2 Å². The molecule has 5 nitrogen and oxygen atoms in total. The summed E-state index contributed by atoms with van der Waals surface area (Å²) in [4.78, 5) is 27.3. The monoisotopic (exact) mass is 330 g/mol. The van der Waals surface area contributed by atoms with Gasteiger partial charge in [-0.25, -0.2) is 0 Å². The van der Waals surface area contributed by atoms with E-state index < -0.39 is 6.04 Å². The SMILES string of the molecule is O=C(NCc1cccs1)C1COCC(=O)N1Cc1ccccc1. The number of amides is 2. The van der Waals surface area contributed by atoms with Gasteiger partial charge in [-0.1, -0.05) is 36.4 Å². The number of nitrogens with one attached hydrogen (secondary N) is 1. The number of carbonyl (C=O) groups is 2. The first-order valence-electron chi connectivity index (χ1n) is 7.45. The summed E-state index contributed by atoms with van der Waals surface area (Å²) in [6.45, 7) is 1.15. The second-order valence-corrected chi connectivity index (χ2v) is 6.37. The van der Waals surface area contributed by atoms with Crippen LogP contribution in [0.4, 0.5) is 0 Å². The average molecular weight is 330 g/mol. The fourth-order valence-corrected chi connectivity index (χ4v) is 3.15. The molecule has 1 N–H and O–H groups in total. The highest BCUT2D eigenvalue weighted by Crippen LogP contribution is 2.14. The minimum atomic E-state index is -0.587. The maximum absolute atomic E-state index is 12.5. The van der Waals surface area contributed by atoms with Crippen molar-refractivity contribution in [1.82, 2.24) is 10.2 Å². The van der Waals surface area contributed by atoms with E-state index in [-0.39, 0.29) is 25.0 Å². The van der Waals surface area contributed by atoms with E-state index in [1.54, 1.807) is 16.2 Å². The molecule has 1 saturated heterocycles. The summed E-state index contributed by atoms with van der Waals surface area (Å²) in [5.74, 6) is -0.334. The maximum Gasteiger partial charge on any atom is 0.249 e. The summed E-state index contributed by atoms with van der Waals surface area (Å²) in [6.07, 6.45) is 0. The van der Waals surface area contributed by atoms with Crippen molar-refractivity contribution < 1.29 is 14.3 Å². The molecule has 1 fully saturated rings. The van der Waals surface area contributed by atoms with Gasteiger partial charge in [-0.3, -0.25) is 9.59 Å². The van der Waals surface area contributed by atoms with E-state index in [1.807, 2.05) is 47.8 Å². The van der Waals surface area contributed by atoms with Gasteiger partial charge in [-0.05, 0) is 17.0 Å². The van der Waals surface area contributed by atoms with Gasteiger partial charge in [0.2, 0.25) is 11.8 Å². The summed E-state index contributed by atoms with van der Waals surface area (Å²) >= 11 is 1.59. The first-order chi connectivity index (χ1) is 11.2. The Morgan fingerprint density at radius 2 is 2.09 bits per heavy atom. The number of thiophene rings is 1. The average Bonchev–Trinajstić information content (AvgIpc) is 3.09. The van der Waals surface area contributed by atoms with Gasteiger partial charge in [-0.2, -0.15) is 0 Å². The number of hydrogen-bond donors (Lipinski definition) is 1. The molecule has 0 saturated carbocycles. The van der Waals surface area contributed by atoms with Crippen LogP contribution in [-0.4, -0.2) is 36.0 Å². The number of morpholine rings is 1. The highest BCUT2D eigenvalue weighted by molar-refractivity contribution is 7.09. The Morgan fingerprint density at radius 3 is 2.83 bits per heavy atom. The Balaban J connectivity index is 1.67. The normalized spacial score (nSPS) is 18.0. The van der Waals surface area contributed by atoms with Gasteiger partial charge < -0.3 is 15.0 Å². The number of hydrogen-bond acceptors (Lipinski definition) is 4. The second kappa shape index (κ2) is 7.39. The number of benzene rings is 1. The van der Waals surface area contributed by atoms with Crippen molar-refractivity contribution in [2.45, 2.75) is 19.1 Å². The topological polar surface area (TPSA) is 58.6 Å². The molecule has 0 bridgehead atoms. The van der Waals surface area contributed by atoms with E-state index in [9.17, 15) is 9.59 Å². The molecule has 0 aliphatic carbocycles. The third-order valence-electron chi connectivity index (χ3n) is 3.71. The molecule has 2 aromatic rings. The molecule has 1 unspecified atom stereocenters. The summed E-state index contributed by atoms with van der Waals surface area (Å²) < 4.78 is 5.27. The standard InChI is InChI=1S/C17H18N2O3S/c20-16-12-22-11-15(17(21)18-9-14-7-4-8-23-14)19(16)10-13-5-2-1-3-6-13/h1-8,15H,9-12H2,(H,18,21). The number of carbonyl (C=O) groups excluding carboxylic acids is 2. The molecule has 1 aliphatic rings. The Morgan fingerprint density at radius 1 is 1.26 bits per heavy atom. The molecule has 0 spiro atoms. The molecule has 6 heteroatoms. The van der Waals surface area contributed by atoms with Crippen molar-refractivity contribution in [2.75, 3.05) is 13.2 Å². The van der Waals surface area contributed by atoms with Crippen molar-refractivity contribution in [1.29, 1.82) is 0 Å². The zero-order valence-corrected chi connectivity index (χ0v) is 13.4. The van der Waals surface area contributed by atoms with Gasteiger partial charge in [0, 0.05) is 11.4 Å². The summed E-state index contributed by atoms with van der Waals surface area (Å²) in [5.41, 5.74) is 0.999. The molecule has 120 valence electrons. The van der Waals surface area contributed by atoms with Crippen LogP contribution >= 0.6 is 11.3 Å². The molecule has 1 aromatic carbocycles. The molecule has 0 radical (unpaired) electrons. The highest BCUT2D eigenvalue weighted by Gasteiger charge is 2.33. The lowest BCUT2D eigenvalue weighted by Gasteiger charge is -2.34. The lowest BCUT2D eigenvalue weighted by atomic mass is 10.1. The van der Waals surface area contributed by atoms with E-state index in [0.717, 1.165) is 10.4 Å². The third-order valence-corrected chi connectivity index (χ3v) is 4.59. The van der Waals surface area contributed by atoms with E-state index in [0.29, 0.717) is 13.1 Å². The minimum Gasteiger partial charge on any atom is -0.369 e. The van der Waals surface area contributed by atoms with Crippen molar-refractivity contribution in [2.24, 2.45) is 0 Å². The van der Waals surface area contributed by atoms with Crippen LogP contribution in [0.5, 0.6) is 0 Å². The Labute approximate surface area is 138 Å². The van der Waals surface area contributed by atoms with Crippen LogP contribution in [0, 0.1) is 0 Å². The Kier molecular flexibility index (Phi) is 5.05. The van der Waals surface area contributed by atoms with Crippen LogP contribution in [0.15, 0.2) is 47.8 Å². The Bertz CT molecular complexity index is 658. The lowest BCUT2D eigenvalue weighted by Crippen LogP contribution is -2.55. The number of rotatable bonds is 5. The second-order valence-electron chi connectivity index (χ2n) is 5.34. The van der Waals surface area contributed by atoms with E-state index in [2.05, 4.69) is 5.32 Å². The molecule has 3 rings (SSSR count). The maximum atomic E-state index is 12.5. The van der Waals surface area contributed by atoms with Crippen molar-refractivity contribution in [3.63, 3.8) is 0 Å². The smallest absolute Gasteiger partial charge is 0.249 e. The van der Waals surface area contributed by atoms with Crippen molar-refractivity contribution >= 4 is 23.2 Å². The molecule has 2 heterocycles. The molecular weight excluding hydrogens is 312 g/mol. The molecule has 1 atom stereocenters. The first-order valence-corrected chi connectivity index (χ1v) is 8.33. The number of ether oxygens (including phenoxy) is 1. The van der Waals surface area contributed by atoms with E-state index in [1.165, 1.54) is 0 Å². The summed E-state index contributed by atoms with van der Waals surface area (Å²) in [7, 11) is 0. The molecule has 1 aromatic heterocycles. The summed E-state index contributed by atoms with van der Waals surface area (Å²) in [6, 6.07) is 13.0. The summed E-state index contributed by atoms with van der Waals surface area (Å²) in [5, 5.41) is 4.86. The van der Waals surface area contributed by atoms with Crippen LogP contribution in [-0.2, 0) is 27.4 Å². The number of nitrogens with zero attached hydrogens (tertiary/aromatic N) is 1. The van der Waals surface area contributed by atoms with Gasteiger partial charge in [0.1, 0.15) is 12.6 Å². The first kappa shape index (κ1) is 15.7. The van der Waals surface area contributed by atoms with Crippen LogP contribution in [0.3, 0.4) is 0 Å². The van der Waals surface area contributed by atoms with Gasteiger partial charge in [0.25, 0.3) is 0 Å². The molecule has 23 heavy (non-hydrogen) atoms. The fraction of sp³-hybridized carbons (Fsp3) is 0.294. The van der Waals surface area contributed by atoms with E-state index >= 15 is 0 Å². The zero-order valence-electron chi connectivity index (χ0n) is 12.6. The third kappa shape index (κ3) is 3.97. The predicted molar refractivity (Wildman–Crippen MR) is 87.8 cm³/mol. The van der Waals surface area contributed by atoms with Crippen molar-refractivity contribution in [3.8, 4) is 0 Å². The van der Waals surface area contributed by atoms with Gasteiger partial charge in [0.15, 0.2) is 0 Å². The predicted octanol–water partition coefficient (Wildman–Crippen LogP) is 1.79. The van der Waals surface area contributed by atoms with Crippen LogP contribution in [0.25, 0.3) is 0 Å². The van der Waals surface area contributed by atoms with Crippen LogP contribution < -0.4 is 5.32 Å². The highest BCUT2D eigenvalue weighted by atomic mass is 32.1. The molecule has 1 aliphatic heterocycles. The zero-order chi connectivity index (χ0) is 16.1. The van der Waals surface area contributed by atoms with Crippen LogP contribution in [0.1, 0.15) is 10.4 Å². The van der Waals surface area contributed by atoms with Gasteiger partial charge >= 0.3 is 0 Å². The lowest BCUT2D eigenvalue weighted by molar-refractivity contribution is -0.155. The Hall–Kier alpha value is -2.18. The quantitative estimate of drug-likeness (QED) is 0.909. The molecule has 2 amide bonds. The van der Waals surface area contributed by atoms with Gasteiger partial charge in [-0.15, -0.1) is 11.3 Å². The largest absolute Gasteiger partial charge is 0.369 e. The van der Waals surface area contributed by atoms with Crippen molar-refractivity contribution in [3.05, 3.63) is 58.3 Å². The fourth-order valence-electron chi connectivity index (χ4n) is 2.51. The minimum absolute atomic E-state index is 0.0293.